The summed E-state index contributed by atoms with van der Waals surface area (Å²) in [6, 6.07) is 13.3. The van der Waals surface area contributed by atoms with Crippen LogP contribution in [0.1, 0.15) is 74.0 Å². The zero-order valence-electron chi connectivity index (χ0n) is 25.5. The number of benzene rings is 1. The number of sulfonamides is 1. The lowest BCUT2D eigenvalue weighted by Crippen LogP contribution is -2.68. The van der Waals surface area contributed by atoms with Gasteiger partial charge in [0.05, 0.1) is 17.8 Å². The van der Waals surface area contributed by atoms with Crippen LogP contribution in [0.25, 0.3) is 10.4 Å². The number of carbonyl (C=O) groups excluding carboxylic acids is 1. The number of anilines is 2. The number of pyridine rings is 1. The van der Waals surface area contributed by atoms with Crippen molar-refractivity contribution in [3.8, 4) is 10.4 Å². The van der Waals surface area contributed by atoms with Gasteiger partial charge in [-0.1, -0.05) is 49.6 Å². The number of carboxylic acids is 1. The Morgan fingerprint density at radius 2 is 1.80 bits per heavy atom. The van der Waals surface area contributed by atoms with E-state index in [-0.39, 0.29) is 28.8 Å². The Hall–Kier alpha value is -3.28. The number of aryl methyl sites for hydroxylation is 1. The first kappa shape index (κ1) is 30.7. The van der Waals surface area contributed by atoms with Gasteiger partial charge < -0.3 is 14.9 Å². The third-order valence-electron chi connectivity index (χ3n) is 9.75. The maximum Gasteiger partial charge on any atom is 0.348 e. The van der Waals surface area contributed by atoms with Gasteiger partial charge in [0.25, 0.3) is 0 Å². The lowest BCUT2D eigenvalue weighted by atomic mass is 9.73. The van der Waals surface area contributed by atoms with Gasteiger partial charge in [-0.25, -0.2) is 18.2 Å². The Balaban J connectivity index is 1.39. The minimum atomic E-state index is -4.06. The van der Waals surface area contributed by atoms with Crippen molar-refractivity contribution in [3.63, 3.8) is 0 Å². The molecule has 4 heterocycles. The number of carbonyl (C=O) groups is 2. The van der Waals surface area contributed by atoms with E-state index in [9.17, 15) is 23.1 Å². The van der Waals surface area contributed by atoms with Gasteiger partial charge in [-0.15, -0.1) is 11.3 Å². The van der Waals surface area contributed by atoms with Crippen LogP contribution in [0.5, 0.6) is 0 Å². The second-order valence-corrected chi connectivity index (χ2v) is 15.7. The molecule has 1 N–H and O–H groups in total. The Kier molecular flexibility index (Phi) is 8.32. The Morgan fingerprint density at radius 1 is 1.07 bits per heavy atom. The summed E-state index contributed by atoms with van der Waals surface area (Å²) in [7, 11) is -4.06. The lowest BCUT2D eigenvalue weighted by Gasteiger charge is -2.52. The van der Waals surface area contributed by atoms with Crippen molar-refractivity contribution in [2.24, 2.45) is 5.92 Å². The fraction of sp³-hybridized carbons (Fsp3) is 0.485. The third kappa shape index (κ3) is 5.43. The summed E-state index contributed by atoms with van der Waals surface area (Å²) in [5, 5.41) is 10.3. The highest BCUT2D eigenvalue weighted by Gasteiger charge is 2.52. The molecule has 2 saturated heterocycles. The van der Waals surface area contributed by atoms with Crippen LogP contribution in [-0.2, 0) is 14.8 Å². The Bertz CT molecular complexity index is 1670. The molecule has 1 amide bonds. The molecule has 6 rings (SSSR count). The van der Waals surface area contributed by atoms with E-state index in [1.807, 2.05) is 44.2 Å². The fourth-order valence-corrected chi connectivity index (χ4v) is 9.94. The number of hydrogen-bond donors (Lipinski definition) is 1. The van der Waals surface area contributed by atoms with E-state index >= 15 is 0 Å². The van der Waals surface area contributed by atoms with E-state index in [1.165, 1.54) is 10.5 Å². The summed E-state index contributed by atoms with van der Waals surface area (Å²) in [6.07, 6.45) is 8.32. The molecule has 0 radical (unpaired) electrons. The molecule has 2 aromatic heterocycles. The van der Waals surface area contributed by atoms with Crippen LogP contribution in [0.3, 0.4) is 0 Å². The van der Waals surface area contributed by atoms with Crippen molar-refractivity contribution in [3.05, 3.63) is 59.1 Å². The highest BCUT2D eigenvalue weighted by Crippen LogP contribution is 2.46. The molecular formula is C33H40N4O5S2. The van der Waals surface area contributed by atoms with E-state index in [1.54, 1.807) is 17.0 Å². The quantitative estimate of drug-likeness (QED) is 0.330. The van der Waals surface area contributed by atoms with Crippen LogP contribution in [0, 0.1) is 12.8 Å². The lowest BCUT2D eigenvalue weighted by molar-refractivity contribution is -0.123. The predicted octanol–water partition coefficient (Wildman–Crippen LogP) is 6.18. The predicted molar refractivity (Wildman–Crippen MR) is 173 cm³/mol. The van der Waals surface area contributed by atoms with Crippen molar-refractivity contribution >= 4 is 44.7 Å². The summed E-state index contributed by atoms with van der Waals surface area (Å²) in [5.41, 5.74) is 1.07. The highest BCUT2D eigenvalue weighted by atomic mass is 32.2. The standard InChI is InChI=1S/C33H40N4O5S2/c1-22-17-26(19-34-31(22)36-16-10-11-23(36)2)44(41,42)35-20-29(38)37(33(3,21-35)25-14-8-5-9-15-25)27-18-28(43-30(27)32(39)40)24-12-6-4-7-13-24/h4,6-7,12-13,17-19,23,25H,5,8-11,14-16,20-21H2,1-3H3,(H,39,40). The number of piperazine rings is 1. The van der Waals surface area contributed by atoms with Gasteiger partial charge >= 0.3 is 5.97 Å². The number of aromatic carboxylic acids is 1. The van der Waals surface area contributed by atoms with Gasteiger partial charge in [-0.3, -0.25) is 4.79 Å². The molecule has 11 heteroatoms. The number of amides is 1. The normalized spacial score (nSPS) is 23.8. The maximum absolute atomic E-state index is 14.2. The number of rotatable bonds is 7. The van der Waals surface area contributed by atoms with Crippen molar-refractivity contribution in [1.82, 2.24) is 9.29 Å². The zero-order valence-corrected chi connectivity index (χ0v) is 27.2. The first-order valence-corrected chi connectivity index (χ1v) is 17.8. The number of carboxylic acid groups (broad SMARTS) is 1. The minimum Gasteiger partial charge on any atom is -0.477 e. The van der Waals surface area contributed by atoms with Gasteiger partial charge in [0.2, 0.25) is 15.9 Å². The molecule has 2 unspecified atom stereocenters. The van der Waals surface area contributed by atoms with Crippen LogP contribution >= 0.6 is 11.3 Å². The summed E-state index contributed by atoms with van der Waals surface area (Å²) >= 11 is 1.14. The molecule has 0 spiro atoms. The molecule has 1 saturated carbocycles. The van der Waals surface area contributed by atoms with Crippen LogP contribution in [0.2, 0.25) is 0 Å². The second-order valence-electron chi connectivity index (χ2n) is 12.7. The van der Waals surface area contributed by atoms with Gasteiger partial charge in [0, 0.05) is 30.2 Å². The summed E-state index contributed by atoms with van der Waals surface area (Å²) in [6.45, 7) is 6.58. The van der Waals surface area contributed by atoms with Crippen LogP contribution < -0.4 is 9.80 Å². The van der Waals surface area contributed by atoms with Gasteiger partial charge in [0.15, 0.2) is 0 Å². The molecule has 1 aliphatic carbocycles. The molecule has 3 aromatic rings. The number of thiophene rings is 1. The zero-order chi connectivity index (χ0) is 31.2. The summed E-state index contributed by atoms with van der Waals surface area (Å²) < 4.78 is 29.6. The van der Waals surface area contributed by atoms with E-state index < -0.39 is 27.4 Å². The Labute approximate surface area is 263 Å². The van der Waals surface area contributed by atoms with Gasteiger partial charge in [-0.05, 0) is 75.6 Å². The van der Waals surface area contributed by atoms with E-state index in [0.29, 0.717) is 11.7 Å². The third-order valence-corrected chi connectivity index (χ3v) is 12.7. The molecule has 44 heavy (non-hydrogen) atoms. The molecular weight excluding hydrogens is 597 g/mol. The number of aromatic nitrogens is 1. The van der Waals surface area contributed by atoms with Crippen molar-refractivity contribution in [2.75, 3.05) is 29.4 Å². The number of hydrogen-bond acceptors (Lipinski definition) is 7. The molecule has 0 bridgehead atoms. The van der Waals surface area contributed by atoms with Gasteiger partial charge in [0.1, 0.15) is 15.6 Å². The molecule has 234 valence electrons. The largest absolute Gasteiger partial charge is 0.477 e. The fourth-order valence-electron chi connectivity index (χ4n) is 7.43. The SMILES string of the molecule is Cc1cc(S(=O)(=O)N2CC(=O)N(c3cc(-c4ccccc4)sc3C(=O)O)C(C)(C3CCCCC3)C2)cnc1N1CCCC1C. The molecule has 2 atom stereocenters. The molecule has 2 aliphatic heterocycles. The molecule has 3 aliphatic rings. The average molecular weight is 637 g/mol. The molecule has 3 fully saturated rings. The molecule has 9 nitrogen and oxygen atoms in total. The highest BCUT2D eigenvalue weighted by molar-refractivity contribution is 7.89. The molecule has 1 aromatic carbocycles. The minimum absolute atomic E-state index is 0.0128. The van der Waals surface area contributed by atoms with E-state index in [0.717, 1.165) is 84.6 Å². The van der Waals surface area contributed by atoms with Crippen LogP contribution in [0.4, 0.5) is 11.5 Å². The average Bonchev–Trinajstić information content (AvgIpc) is 3.64. The first-order chi connectivity index (χ1) is 21.0. The smallest absolute Gasteiger partial charge is 0.348 e. The van der Waals surface area contributed by atoms with Crippen molar-refractivity contribution in [1.29, 1.82) is 0 Å². The van der Waals surface area contributed by atoms with Crippen molar-refractivity contribution < 1.29 is 23.1 Å². The maximum atomic E-state index is 14.2. The Morgan fingerprint density at radius 3 is 2.43 bits per heavy atom. The van der Waals surface area contributed by atoms with Crippen LogP contribution in [0.15, 0.2) is 53.6 Å². The van der Waals surface area contributed by atoms with Crippen LogP contribution in [-0.4, -0.2) is 65.9 Å². The van der Waals surface area contributed by atoms with E-state index in [4.69, 9.17) is 0 Å². The second kappa shape index (κ2) is 11.9. The number of nitrogens with zero attached hydrogens (tertiary/aromatic N) is 4. The van der Waals surface area contributed by atoms with E-state index in [2.05, 4.69) is 16.8 Å². The van der Waals surface area contributed by atoms with Crippen molar-refractivity contribution in [2.45, 2.75) is 82.2 Å². The van der Waals surface area contributed by atoms with Gasteiger partial charge in [-0.2, -0.15) is 4.31 Å². The summed E-state index contributed by atoms with van der Waals surface area (Å²) in [5.74, 6) is -0.705. The monoisotopic (exact) mass is 636 g/mol. The first-order valence-electron chi connectivity index (χ1n) is 15.5. The summed E-state index contributed by atoms with van der Waals surface area (Å²) in [4.78, 5) is 36.1. The topological polar surface area (TPSA) is 111 Å².